The van der Waals surface area contributed by atoms with Crippen molar-refractivity contribution in [1.29, 1.82) is 0 Å². The van der Waals surface area contributed by atoms with Gasteiger partial charge in [-0.2, -0.15) is 0 Å². The first-order valence-electron chi connectivity index (χ1n) is 9.70. The van der Waals surface area contributed by atoms with Crippen LogP contribution in [0, 0.1) is 6.92 Å². The molecule has 0 amide bonds. The van der Waals surface area contributed by atoms with E-state index in [0.29, 0.717) is 6.54 Å². The van der Waals surface area contributed by atoms with Gasteiger partial charge in [-0.15, -0.1) is 0 Å². The minimum atomic E-state index is -0.731. The van der Waals surface area contributed by atoms with E-state index in [4.69, 9.17) is 0 Å². The van der Waals surface area contributed by atoms with Gasteiger partial charge in [0.15, 0.2) is 5.96 Å². The van der Waals surface area contributed by atoms with E-state index in [9.17, 15) is 9.32 Å². The van der Waals surface area contributed by atoms with Crippen molar-refractivity contribution in [1.82, 2.24) is 10.6 Å². The van der Waals surface area contributed by atoms with Crippen molar-refractivity contribution >= 4 is 16.8 Å². The van der Waals surface area contributed by atoms with Crippen LogP contribution in [-0.4, -0.2) is 45.4 Å². The molecule has 5 nitrogen and oxygen atoms in total. The van der Waals surface area contributed by atoms with Gasteiger partial charge in [-0.3, -0.25) is 9.20 Å². The molecule has 0 aromatic heterocycles. The van der Waals surface area contributed by atoms with E-state index in [0.717, 1.165) is 55.1 Å². The minimum absolute atomic E-state index is 0.284. The quantitative estimate of drug-likeness (QED) is 0.503. The summed E-state index contributed by atoms with van der Waals surface area (Å²) in [4.78, 5) is 4.57. The van der Waals surface area contributed by atoms with Crippen molar-refractivity contribution in [2.24, 2.45) is 4.99 Å². The Hall–Kier alpha value is -1.40. The van der Waals surface area contributed by atoms with Gasteiger partial charge >= 0.3 is 0 Å². The summed E-state index contributed by atoms with van der Waals surface area (Å²) in [5.41, 5.74) is 2.02. The van der Waals surface area contributed by atoms with Crippen LogP contribution in [-0.2, 0) is 10.8 Å². The Bertz CT molecular complexity index is 621. The number of nitrogens with zero attached hydrogens (tertiary/aromatic N) is 1. The van der Waals surface area contributed by atoms with Crippen LogP contribution in [0.25, 0.3) is 0 Å². The number of benzene rings is 1. The van der Waals surface area contributed by atoms with Gasteiger partial charge in [0, 0.05) is 34.4 Å². The summed E-state index contributed by atoms with van der Waals surface area (Å²) in [6.07, 6.45) is 3.53. The van der Waals surface area contributed by atoms with Crippen LogP contribution < -0.4 is 10.6 Å². The zero-order valence-corrected chi connectivity index (χ0v) is 17.0. The van der Waals surface area contributed by atoms with Crippen LogP contribution >= 0.6 is 0 Å². The van der Waals surface area contributed by atoms with Crippen molar-refractivity contribution in [3.05, 3.63) is 35.4 Å². The Kier molecular flexibility index (Phi) is 8.59. The van der Waals surface area contributed by atoms with Gasteiger partial charge < -0.3 is 15.7 Å². The van der Waals surface area contributed by atoms with E-state index in [1.165, 1.54) is 0 Å². The maximum atomic E-state index is 12.1. The lowest BCUT2D eigenvalue weighted by Gasteiger charge is -2.30. The number of guanidine groups is 1. The Balaban J connectivity index is 1.96. The van der Waals surface area contributed by atoms with E-state index in [1.54, 1.807) is 0 Å². The van der Waals surface area contributed by atoms with Crippen molar-refractivity contribution in [2.45, 2.75) is 63.9 Å². The number of hydrogen-bond donors (Lipinski definition) is 3. The molecule has 1 aromatic carbocycles. The molecule has 6 heteroatoms. The lowest BCUT2D eigenvalue weighted by atomic mass is 9.95. The Morgan fingerprint density at radius 1 is 1.38 bits per heavy atom. The second kappa shape index (κ2) is 10.7. The Labute approximate surface area is 160 Å². The van der Waals surface area contributed by atoms with Gasteiger partial charge in [0.25, 0.3) is 0 Å². The highest BCUT2D eigenvalue weighted by Crippen LogP contribution is 2.23. The monoisotopic (exact) mass is 379 g/mol. The van der Waals surface area contributed by atoms with Gasteiger partial charge in [0.1, 0.15) is 0 Å². The first kappa shape index (κ1) is 20.9. The number of aliphatic hydroxyl groups is 1. The summed E-state index contributed by atoms with van der Waals surface area (Å²) in [6, 6.07) is 8.19. The molecule has 1 fully saturated rings. The molecular formula is C20H33N3O2S. The van der Waals surface area contributed by atoms with E-state index < -0.39 is 16.9 Å². The van der Waals surface area contributed by atoms with Crippen molar-refractivity contribution in [3.8, 4) is 0 Å². The second-order valence-electron chi connectivity index (χ2n) is 6.95. The van der Waals surface area contributed by atoms with Crippen molar-refractivity contribution in [2.75, 3.05) is 18.8 Å². The topological polar surface area (TPSA) is 73.7 Å². The maximum Gasteiger partial charge on any atom is 0.191 e. The molecule has 1 aliphatic carbocycles. The van der Waals surface area contributed by atoms with Crippen LogP contribution in [0.2, 0.25) is 0 Å². The van der Waals surface area contributed by atoms with Crippen LogP contribution in [0.15, 0.2) is 29.3 Å². The number of nitrogens with one attached hydrogen (secondary N) is 2. The summed E-state index contributed by atoms with van der Waals surface area (Å²) in [6.45, 7) is 7.12. The summed E-state index contributed by atoms with van der Waals surface area (Å²) in [5, 5.41) is 17.4. The molecule has 146 valence electrons. The van der Waals surface area contributed by atoms with Gasteiger partial charge in [-0.25, -0.2) is 0 Å². The molecular weight excluding hydrogens is 346 g/mol. The molecule has 0 saturated heterocycles. The minimum Gasteiger partial charge on any atom is -0.386 e. The molecule has 1 aliphatic rings. The van der Waals surface area contributed by atoms with Gasteiger partial charge in [0.05, 0.1) is 12.6 Å². The molecule has 1 aromatic rings. The predicted molar refractivity (Wildman–Crippen MR) is 110 cm³/mol. The molecule has 2 rings (SSSR count). The highest BCUT2D eigenvalue weighted by atomic mass is 32.2. The van der Waals surface area contributed by atoms with Crippen LogP contribution in [0.3, 0.4) is 0 Å². The lowest BCUT2D eigenvalue weighted by molar-refractivity contribution is 0.187. The number of rotatable bonds is 7. The third-order valence-electron chi connectivity index (χ3n) is 4.82. The number of aliphatic hydroxyl groups excluding tert-OH is 1. The average Bonchev–Trinajstić information content (AvgIpc) is 2.65. The molecule has 4 atom stereocenters. The van der Waals surface area contributed by atoms with Crippen LogP contribution in [0.4, 0.5) is 0 Å². The number of aliphatic imine (C=N–C) groups is 1. The van der Waals surface area contributed by atoms with E-state index in [-0.39, 0.29) is 11.3 Å². The molecule has 0 bridgehead atoms. The van der Waals surface area contributed by atoms with Gasteiger partial charge in [-0.05, 0) is 38.7 Å². The Morgan fingerprint density at radius 2 is 2.19 bits per heavy atom. The zero-order valence-electron chi connectivity index (χ0n) is 16.2. The molecule has 0 radical (unpaired) electrons. The first-order valence-corrected chi connectivity index (χ1v) is 11.1. The van der Waals surface area contributed by atoms with E-state index >= 15 is 0 Å². The maximum absolute atomic E-state index is 12.1. The Morgan fingerprint density at radius 3 is 2.88 bits per heavy atom. The normalized spacial score (nSPS) is 23.3. The van der Waals surface area contributed by atoms with Gasteiger partial charge in [0.2, 0.25) is 0 Å². The first-order chi connectivity index (χ1) is 12.5. The third-order valence-corrected chi connectivity index (χ3v) is 6.56. The molecule has 0 spiro atoms. The van der Waals surface area contributed by atoms with Crippen molar-refractivity contribution in [3.63, 3.8) is 0 Å². The molecule has 1 saturated carbocycles. The number of hydrogen-bond acceptors (Lipinski definition) is 3. The molecule has 4 unspecified atom stereocenters. The smallest absolute Gasteiger partial charge is 0.191 e. The standard InChI is InChI=1S/C20H33N3O2S/c1-4-21-20(22-14-19(24)16-9-6-8-15(3)12-16)23-17-10-7-11-18(13-17)26(25)5-2/h6,8-9,12,17-19,24H,4-5,7,10-11,13-14H2,1-3H3,(H2,21,22,23). The third kappa shape index (κ3) is 6.40. The fourth-order valence-electron chi connectivity index (χ4n) is 3.42. The lowest BCUT2D eigenvalue weighted by Crippen LogP contribution is -2.46. The molecule has 0 heterocycles. The zero-order chi connectivity index (χ0) is 18.9. The summed E-state index contributed by atoms with van der Waals surface area (Å²) >= 11 is 0. The van der Waals surface area contributed by atoms with E-state index in [1.807, 2.05) is 45.0 Å². The van der Waals surface area contributed by atoms with Crippen molar-refractivity contribution < 1.29 is 9.32 Å². The summed E-state index contributed by atoms with van der Waals surface area (Å²) in [5.74, 6) is 1.46. The molecule has 3 N–H and O–H groups in total. The molecule has 26 heavy (non-hydrogen) atoms. The van der Waals surface area contributed by atoms with E-state index in [2.05, 4.69) is 15.6 Å². The highest BCUT2D eigenvalue weighted by molar-refractivity contribution is 7.85. The SMILES string of the molecule is CCNC(=NCC(O)c1cccc(C)c1)NC1CCCC(S(=O)CC)C1. The highest BCUT2D eigenvalue weighted by Gasteiger charge is 2.26. The fourth-order valence-corrected chi connectivity index (χ4v) is 4.77. The molecule has 0 aliphatic heterocycles. The van der Waals surface area contributed by atoms with Gasteiger partial charge in [-0.1, -0.05) is 43.2 Å². The largest absolute Gasteiger partial charge is 0.386 e. The fraction of sp³-hybridized carbons (Fsp3) is 0.650. The summed E-state index contributed by atoms with van der Waals surface area (Å²) < 4.78 is 12.1. The second-order valence-corrected chi connectivity index (χ2v) is 8.95. The van der Waals surface area contributed by atoms with Crippen LogP contribution in [0.5, 0.6) is 0 Å². The van der Waals surface area contributed by atoms with Crippen LogP contribution in [0.1, 0.15) is 56.8 Å². The number of aryl methyl sites for hydroxylation is 1. The average molecular weight is 380 g/mol. The predicted octanol–water partition coefficient (Wildman–Crippen LogP) is 2.66. The summed E-state index contributed by atoms with van der Waals surface area (Å²) in [7, 11) is -0.731.